The van der Waals surface area contributed by atoms with Crippen LogP contribution >= 0.6 is 0 Å². The summed E-state index contributed by atoms with van der Waals surface area (Å²) in [6.45, 7) is 1.73. The number of rotatable bonds is 4. The van der Waals surface area contributed by atoms with Gasteiger partial charge in [0, 0.05) is 11.8 Å². The molecule has 2 aromatic rings. The van der Waals surface area contributed by atoms with Crippen LogP contribution < -0.4 is 20.1 Å². The molecule has 8 heteroatoms. The van der Waals surface area contributed by atoms with E-state index in [2.05, 4.69) is 10.6 Å². The standard InChI is InChI=1S/C16H16N2O6/c1-9-2-4-12(24-9)11(19)7-17-15(20)16(21)18-10-3-5-13-14(6-10)23-8-22-13/h2-6,11,19H,7-8H2,1H3,(H,17,20)(H,18,21)/t11-/m0/s1. The molecule has 8 nitrogen and oxygen atoms in total. The van der Waals surface area contributed by atoms with Gasteiger partial charge in [-0.1, -0.05) is 0 Å². The zero-order valence-electron chi connectivity index (χ0n) is 12.9. The molecule has 0 fully saturated rings. The first kappa shape index (κ1) is 15.9. The molecule has 0 aliphatic carbocycles. The van der Waals surface area contributed by atoms with Gasteiger partial charge < -0.3 is 29.6 Å². The maximum atomic E-state index is 11.9. The second-order valence-electron chi connectivity index (χ2n) is 5.20. The third-order valence-electron chi connectivity index (χ3n) is 3.38. The van der Waals surface area contributed by atoms with Crippen LogP contribution in [-0.2, 0) is 9.59 Å². The van der Waals surface area contributed by atoms with Crippen molar-refractivity contribution in [1.82, 2.24) is 5.32 Å². The van der Waals surface area contributed by atoms with Crippen LogP contribution in [0.4, 0.5) is 5.69 Å². The van der Waals surface area contributed by atoms with Gasteiger partial charge in [-0.3, -0.25) is 9.59 Å². The number of aliphatic hydroxyl groups is 1. The van der Waals surface area contributed by atoms with E-state index in [0.717, 1.165) is 0 Å². The van der Waals surface area contributed by atoms with Crippen molar-refractivity contribution < 1.29 is 28.6 Å². The number of furan rings is 1. The predicted octanol–water partition coefficient (Wildman–Crippen LogP) is 1.11. The van der Waals surface area contributed by atoms with Crippen molar-refractivity contribution in [2.24, 2.45) is 0 Å². The highest BCUT2D eigenvalue weighted by Crippen LogP contribution is 2.34. The maximum Gasteiger partial charge on any atom is 0.313 e. The number of fused-ring (bicyclic) bond motifs is 1. The highest BCUT2D eigenvalue weighted by atomic mass is 16.7. The Kier molecular flexibility index (Phi) is 4.39. The van der Waals surface area contributed by atoms with Gasteiger partial charge in [0.15, 0.2) is 11.5 Å². The van der Waals surface area contributed by atoms with Gasteiger partial charge in [0.25, 0.3) is 0 Å². The third kappa shape index (κ3) is 3.49. The molecule has 1 atom stereocenters. The lowest BCUT2D eigenvalue weighted by atomic mass is 10.2. The van der Waals surface area contributed by atoms with E-state index in [4.69, 9.17) is 13.9 Å². The minimum Gasteiger partial charge on any atom is -0.464 e. The second kappa shape index (κ2) is 6.63. The zero-order chi connectivity index (χ0) is 17.1. The van der Waals surface area contributed by atoms with Gasteiger partial charge in [-0.25, -0.2) is 0 Å². The van der Waals surface area contributed by atoms with Crippen molar-refractivity contribution in [3.63, 3.8) is 0 Å². The summed E-state index contributed by atoms with van der Waals surface area (Å²) in [6, 6.07) is 8.11. The van der Waals surface area contributed by atoms with E-state index in [9.17, 15) is 14.7 Å². The highest BCUT2D eigenvalue weighted by Gasteiger charge is 2.19. The highest BCUT2D eigenvalue weighted by molar-refractivity contribution is 6.39. The molecule has 0 unspecified atom stereocenters. The molecule has 1 aromatic carbocycles. The molecule has 2 heterocycles. The molecule has 1 aliphatic heterocycles. The van der Waals surface area contributed by atoms with Crippen LogP contribution in [0.1, 0.15) is 17.6 Å². The average molecular weight is 332 g/mol. The first-order chi connectivity index (χ1) is 11.5. The van der Waals surface area contributed by atoms with Gasteiger partial charge >= 0.3 is 11.8 Å². The molecular weight excluding hydrogens is 316 g/mol. The smallest absolute Gasteiger partial charge is 0.313 e. The number of nitrogens with one attached hydrogen (secondary N) is 2. The van der Waals surface area contributed by atoms with Crippen molar-refractivity contribution in [2.45, 2.75) is 13.0 Å². The molecule has 1 aliphatic rings. The van der Waals surface area contributed by atoms with Crippen molar-refractivity contribution >= 4 is 17.5 Å². The van der Waals surface area contributed by atoms with E-state index in [0.29, 0.717) is 28.7 Å². The first-order valence-corrected chi connectivity index (χ1v) is 7.26. The van der Waals surface area contributed by atoms with Crippen LogP contribution in [0.5, 0.6) is 11.5 Å². The molecule has 1 aromatic heterocycles. The fourth-order valence-corrected chi connectivity index (χ4v) is 2.16. The summed E-state index contributed by atoms with van der Waals surface area (Å²) in [6.07, 6.45) is -1.03. The minimum atomic E-state index is -1.03. The van der Waals surface area contributed by atoms with E-state index in [1.807, 2.05) is 0 Å². The Hall–Kier alpha value is -3.00. The molecule has 0 saturated heterocycles. The Morgan fingerprint density at radius 1 is 1.17 bits per heavy atom. The number of carbonyl (C=O) groups is 2. The monoisotopic (exact) mass is 332 g/mol. The molecular formula is C16H16N2O6. The number of anilines is 1. The molecule has 2 amide bonds. The summed E-state index contributed by atoms with van der Waals surface area (Å²) in [5, 5.41) is 14.7. The van der Waals surface area contributed by atoms with Crippen LogP contribution in [0.3, 0.4) is 0 Å². The average Bonchev–Trinajstić information content (AvgIpc) is 3.20. The van der Waals surface area contributed by atoms with E-state index in [1.165, 1.54) is 0 Å². The first-order valence-electron chi connectivity index (χ1n) is 7.26. The molecule has 0 spiro atoms. The molecule has 24 heavy (non-hydrogen) atoms. The molecule has 0 saturated carbocycles. The Labute approximate surface area is 137 Å². The number of carbonyl (C=O) groups excluding carboxylic acids is 2. The van der Waals surface area contributed by atoms with Crippen LogP contribution in [0.2, 0.25) is 0 Å². The lowest BCUT2D eigenvalue weighted by molar-refractivity contribution is -0.136. The van der Waals surface area contributed by atoms with Crippen LogP contribution in [0, 0.1) is 6.92 Å². The van der Waals surface area contributed by atoms with E-state index in [1.54, 1.807) is 37.3 Å². The van der Waals surface area contributed by atoms with Gasteiger partial charge in [0.1, 0.15) is 17.6 Å². The van der Waals surface area contributed by atoms with Crippen molar-refractivity contribution in [3.8, 4) is 11.5 Å². The number of aliphatic hydroxyl groups excluding tert-OH is 1. The third-order valence-corrected chi connectivity index (χ3v) is 3.38. The summed E-state index contributed by atoms with van der Waals surface area (Å²) in [5.74, 6) is 0.331. The summed E-state index contributed by atoms with van der Waals surface area (Å²) >= 11 is 0. The summed E-state index contributed by atoms with van der Waals surface area (Å²) in [7, 11) is 0. The van der Waals surface area contributed by atoms with E-state index >= 15 is 0 Å². The lowest BCUT2D eigenvalue weighted by Gasteiger charge is -2.10. The number of aryl methyl sites for hydroxylation is 1. The molecule has 3 rings (SSSR count). The van der Waals surface area contributed by atoms with Crippen molar-refractivity contribution in [1.29, 1.82) is 0 Å². The van der Waals surface area contributed by atoms with Crippen LogP contribution in [-0.4, -0.2) is 30.3 Å². The Morgan fingerprint density at radius 2 is 1.96 bits per heavy atom. The Bertz CT molecular complexity index is 770. The molecule has 3 N–H and O–H groups in total. The van der Waals surface area contributed by atoms with Crippen LogP contribution in [0.15, 0.2) is 34.7 Å². The van der Waals surface area contributed by atoms with Gasteiger partial charge in [-0.05, 0) is 31.2 Å². The van der Waals surface area contributed by atoms with Crippen molar-refractivity contribution in [2.75, 3.05) is 18.7 Å². The second-order valence-corrected chi connectivity index (χ2v) is 5.20. The maximum absolute atomic E-state index is 11.9. The van der Waals surface area contributed by atoms with E-state index in [-0.39, 0.29) is 13.3 Å². The van der Waals surface area contributed by atoms with Crippen LogP contribution in [0.25, 0.3) is 0 Å². The number of benzene rings is 1. The van der Waals surface area contributed by atoms with Gasteiger partial charge in [-0.2, -0.15) is 0 Å². The van der Waals surface area contributed by atoms with E-state index < -0.39 is 17.9 Å². The van der Waals surface area contributed by atoms with Gasteiger partial charge in [0.05, 0.1) is 6.54 Å². The summed E-state index contributed by atoms with van der Waals surface area (Å²) in [4.78, 5) is 23.7. The number of hydrogen-bond acceptors (Lipinski definition) is 6. The molecule has 0 radical (unpaired) electrons. The number of amides is 2. The van der Waals surface area contributed by atoms with Gasteiger partial charge in [0.2, 0.25) is 6.79 Å². The van der Waals surface area contributed by atoms with Gasteiger partial charge in [-0.15, -0.1) is 0 Å². The summed E-state index contributed by atoms with van der Waals surface area (Å²) < 4.78 is 15.6. The lowest BCUT2D eigenvalue weighted by Crippen LogP contribution is -2.37. The molecule has 0 bridgehead atoms. The SMILES string of the molecule is Cc1ccc([C@@H](O)CNC(=O)C(=O)Nc2ccc3c(c2)OCO3)o1. The Balaban J connectivity index is 1.52. The fourth-order valence-electron chi connectivity index (χ4n) is 2.16. The Morgan fingerprint density at radius 3 is 2.71 bits per heavy atom. The quantitative estimate of drug-likeness (QED) is 0.723. The normalized spacial score (nSPS) is 13.4. The predicted molar refractivity (Wildman–Crippen MR) is 82.6 cm³/mol. The topological polar surface area (TPSA) is 110 Å². The largest absolute Gasteiger partial charge is 0.464 e. The number of hydrogen-bond donors (Lipinski definition) is 3. The fraction of sp³-hybridized carbons (Fsp3) is 0.250. The summed E-state index contributed by atoms with van der Waals surface area (Å²) in [5.41, 5.74) is 0.404. The molecule has 126 valence electrons. The minimum absolute atomic E-state index is 0.122. The van der Waals surface area contributed by atoms with Crippen molar-refractivity contribution in [3.05, 3.63) is 41.9 Å². The number of ether oxygens (including phenoxy) is 2. The zero-order valence-corrected chi connectivity index (χ0v) is 12.9.